The highest BCUT2D eigenvalue weighted by atomic mass is 16.6. The number of amides is 1. The Morgan fingerprint density at radius 1 is 1.29 bits per heavy atom. The standard InChI is InChI=1S/C10H20N2O2/c1-6-8(7-2)11-12-9(13)14-10(3,4)5/h6-7H2,1-5H3,(H,12,13). The lowest BCUT2D eigenvalue weighted by atomic mass is 10.2. The lowest BCUT2D eigenvalue weighted by Crippen LogP contribution is -2.30. The summed E-state index contributed by atoms with van der Waals surface area (Å²) in [7, 11) is 0. The average Bonchev–Trinajstić information content (AvgIpc) is 2.03. The van der Waals surface area contributed by atoms with E-state index in [0.29, 0.717) is 0 Å². The maximum absolute atomic E-state index is 11.2. The molecule has 1 N–H and O–H groups in total. The van der Waals surface area contributed by atoms with E-state index in [9.17, 15) is 4.79 Å². The Labute approximate surface area is 85.7 Å². The van der Waals surface area contributed by atoms with E-state index in [1.807, 2.05) is 34.6 Å². The van der Waals surface area contributed by atoms with Crippen LogP contribution in [0.15, 0.2) is 5.10 Å². The maximum atomic E-state index is 11.2. The van der Waals surface area contributed by atoms with Crippen molar-refractivity contribution in [2.24, 2.45) is 5.10 Å². The summed E-state index contributed by atoms with van der Waals surface area (Å²) in [5, 5.41) is 3.94. The van der Waals surface area contributed by atoms with Gasteiger partial charge in [0.2, 0.25) is 0 Å². The van der Waals surface area contributed by atoms with Crippen LogP contribution in [-0.4, -0.2) is 17.4 Å². The first-order chi connectivity index (χ1) is 6.39. The van der Waals surface area contributed by atoms with Gasteiger partial charge in [0.05, 0.1) is 0 Å². The quantitative estimate of drug-likeness (QED) is 0.562. The van der Waals surface area contributed by atoms with Crippen molar-refractivity contribution in [2.45, 2.75) is 53.1 Å². The normalized spacial score (nSPS) is 10.6. The zero-order valence-electron chi connectivity index (χ0n) is 9.68. The minimum atomic E-state index is -0.503. The molecule has 14 heavy (non-hydrogen) atoms. The zero-order valence-corrected chi connectivity index (χ0v) is 9.68. The lowest BCUT2D eigenvalue weighted by molar-refractivity contribution is 0.0529. The average molecular weight is 200 g/mol. The van der Waals surface area contributed by atoms with E-state index in [1.165, 1.54) is 0 Å². The Kier molecular flexibility index (Phi) is 5.20. The molecular formula is C10H20N2O2. The van der Waals surface area contributed by atoms with Crippen molar-refractivity contribution in [3.05, 3.63) is 0 Å². The third-order valence-corrected chi connectivity index (χ3v) is 1.52. The molecule has 0 aromatic rings. The molecule has 0 aliphatic rings. The molecule has 0 rings (SSSR count). The summed E-state index contributed by atoms with van der Waals surface area (Å²) < 4.78 is 5.02. The van der Waals surface area contributed by atoms with Gasteiger partial charge in [-0.1, -0.05) is 13.8 Å². The van der Waals surface area contributed by atoms with Crippen LogP contribution in [0, 0.1) is 0 Å². The molecule has 0 aliphatic heterocycles. The summed E-state index contributed by atoms with van der Waals surface area (Å²) in [6.07, 6.45) is 1.18. The van der Waals surface area contributed by atoms with Gasteiger partial charge < -0.3 is 4.74 Å². The fraction of sp³-hybridized carbons (Fsp3) is 0.800. The number of hydrazone groups is 1. The Hall–Kier alpha value is -1.06. The van der Waals surface area contributed by atoms with Gasteiger partial charge in [-0.25, -0.2) is 10.2 Å². The molecular weight excluding hydrogens is 180 g/mol. The molecule has 82 valence electrons. The second-order valence-electron chi connectivity index (χ2n) is 4.00. The minimum Gasteiger partial charge on any atom is -0.443 e. The van der Waals surface area contributed by atoms with E-state index < -0.39 is 11.7 Å². The molecule has 0 bridgehead atoms. The van der Waals surface area contributed by atoms with Crippen molar-refractivity contribution in [2.75, 3.05) is 0 Å². The Bertz CT molecular complexity index is 211. The first-order valence-corrected chi connectivity index (χ1v) is 4.93. The molecule has 0 aromatic carbocycles. The Balaban J connectivity index is 4.02. The number of hydrogen-bond donors (Lipinski definition) is 1. The smallest absolute Gasteiger partial charge is 0.428 e. The number of ether oxygens (including phenoxy) is 1. The monoisotopic (exact) mass is 200 g/mol. The molecule has 0 fully saturated rings. The number of nitrogens with zero attached hydrogens (tertiary/aromatic N) is 1. The van der Waals surface area contributed by atoms with E-state index in [2.05, 4.69) is 10.5 Å². The van der Waals surface area contributed by atoms with E-state index >= 15 is 0 Å². The van der Waals surface area contributed by atoms with Crippen molar-refractivity contribution in [1.82, 2.24) is 5.43 Å². The zero-order chi connectivity index (χ0) is 11.2. The van der Waals surface area contributed by atoms with Gasteiger partial charge in [0.1, 0.15) is 5.60 Å². The Morgan fingerprint density at radius 2 is 1.79 bits per heavy atom. The van der Waals surface area contributed by atoms with Gasteiger partial charge in [-0.2, -0.15) is 5.10 Å². The molecule has 0 heterocycles. The summed E-state index contributed by atoms with van der Waals surface area (Å²) >= 11 is 0. The first-order valence-electron chi connectivity index (χ1n) is 4.93. The molecule has 0 spiro atoms. The highest BCUT2D eigenvalue weighted by Gasteiger charge is 2.15. The fourth-order valence-electron chi connectivity index (χ4n) is 0.834. The number of hydrogen-bond acceptors (Lipinski definition) is 3. The van der Waals surface area contributed by atoms with E-state index in [4.69, 9.17) is 4.74 Å². The van der Waals surface area contributed by atoms with Gasteiger partial charge in [0.25, 0.3) is 0 Å². The lowest BCUT2D eigenvalue weighted by Gasteiger charge is -2.18. The van der Waals surface area contributed by atoms with Gasteiger partial charge in [-0.05, 0) is 33.6 Å². The van der Waals surface area contributed by atoms with Gasteiger partial charge in [-0.15, -0.1) is 0 Å². The van der Waals surface area contributed by atoms with Crippen LogP contribution in [0.4, 0.5) is 4.79 Å². The topological polar surface area (TPSA) is 50.7 Å². The summed E-state index contributed by atoms with van der Waals surface area (Å²) in [5.74, 6) is 0. The summed E-state index contributed by atoms with van der Waals surface area (Å²) in [6.45, 7) is 9.45. The summed E-state index contributed by atoms with van der Waals surface area (Å²) in [4.78, 5) is 11.2. The molecule has 0 radical (unpaired) electrons. The molecule has 0 aromatic heterocycles. The van der Waals surface area contributed by atoms with Crippen LogP contribution in [0.3, 0.4) is 0 Å². The molecule has 0 unspecified atom stereocenters. The molecule has 0 aliphatic carbocycles. The minimum absolute atomic E-state index is 0.474. The van der Waals surface area contributed by atoms with Gasteiger partial charge in [0, 0.05) is 5.71 Å². The molecule has 4 nitrogen and oxygen atoms in total. The van der Waals surface area contributed by atoms with Crippen LogP contribution in [0.5, 0.6) is 0 Å². The summed E-state index contributed by atoms with van der Waals surface area (Å²) in [5.41, 5.74) is 2.85. The van der Waals surface area contributed by atoms with Gasteiger partial charge in [-0.3, -0.25) is 0 Å². The van der Waals surface area contributed by atoms with Crippen LogP contribution in [0.1, 0.15) is 47.5 Å². The van der Waals surface area contributed by atoms with Crippen LogP contribution in [-0.2, 0) is 4.74 Å². The van der Waals surface area contributed by atoms with Crippen molar-refractivity contribution in [1.29, 1.82) is 0 Å². The highest BCUT2D eigenvalue weighted by molar-refractivity contribution is 5.84. The number of carbonyl (C=O) groups excluding carboxylic acids is 1. The predicted molar refractivity (Wildman–Crippen MR) is 57.4 cm³/mol. The van der Waals surface area contributed by atoms with E-state index in [1.54, 1.807) is 0 Å². The third kappa shape index (κ3) is 6.46. The number of carbonyl (C=O) groups is 1. The molecule has 0 saturated heterocycles. The molecule has 0 atom stereocenters. The van der Waals surface area contributed by atoms with Crippen LogP contribution in [0.25, 0.3) is 0 Å². The largest absolute Gasteiger partial charge is 0.443 e. The van der Waals surface area contributed by atoms with Crippen molar-refractivity contribution >= 4 is 11.8 Å². The third-order valence-electron chi connectivity index (χ3n) is 1.52. The second-order valence-corrected chi connectivity index (χ2v) is 4.00. The van der Waals surface area contributed by atoms with Crippen molar-refractivity contribution < 1.29 is 9.53 Å². The van der Waals surface area contributed by atoms with Crippen LogP contribution in [0.2, 0.25) is 0 Å². The van der Waals surface area contributed by atoms with E-state index in [-0.39, 0.29) is 0 Å². The van der Waals surface area contributed by atoms with Gasteiger partial charge in [0.15, 0.2) is 0 Å². The highest BCUT2D eigenvalue weighted by Crippen LogP contribution is 2.06. The molecule has 1 amide bonds. The van der Waals surface area contributed by atoms with E-state index in [0.717, 1.165) is 18.6 Å². The second kappa shape index (κ2) is 5.62. The van der Waals surface area contributed by atoms with Crippen LogP contribution >= 0.6 is 0 Å². The van der Waals surface area contributed by atoms with Crippen LogP contribution < -0.4 is 5.43 Å². The molecule has 0 saturated carbocycles. The SMILES string of the molecule is CCC(CC)=NNC(=O)OC(C)(C)C. The summed E-state index contributed by atoms with van der Waals surface area (Å²) in [6, 6.07) is 0. The van der Waals surface area contributed by atoms with Gasteiger partial charge >= 0.3 is 6.09 Å². The Morgan fingerprint density at radius 3 is 2.14 bits per heavy atom. The maximum Gasteiger partial charge on any atom is 0.428 e. The molecule has 4 heteroatoms. The van der Waals surface area contributed by atoms with Crippen molar-refractivity contribution in [3.63, 3.8) is 0 Å². The number of nitrogens with one attached hydrogen (secondary N) is 1. The van der Waals surface area contributed by atoms with Crippen molar-refractivity contribution in [3.8, 4) is 0 Å². The number of rotatable bonds is 3. The first kappa shape index (κ1) is 12.9. The predicted octanol–water partition coefficient (Wildman–Crippen LogP) is 2.69. The fourth-order valence-corrected chi connectivity index (χ4v) is 0.834.